The van der Waals surface area contributed by atoms with Crippen molar-refractivity contribution in [1.82, 2.24) is 15.0 Å². The molecule has 0 spiro atoms. The summed E-state index contributed by atoms with van der Waals surface area (Å²) in [6, 6.07) is 3.84. The number of benzene rings is 1. The number of halogens is 2. The van der Waals surface area contributed by atoms with E-state index in [1.807, 2.05) is 25.8 Å². The van der Waals surface area contributed by atoms with Gasteiger partial charge in [-0.1, -0.05) is 18.1 Å². The van der Waals surface area contributed by atoms with Crippen LogP contribution < -0.4 is 0 Å². The fourth-order valence-corrected chi connectivity index (χ4v) is 2.06. The Morgan fingerprint density at radius 1 is 1.29 bits per heavy atom. The van der Waals surface area contributed by atoms with E-state index in [0.717, 1.165) is 18.9 Å². The smallest absolute Gasteiger partial charge is 0.240 e. The highest BCUT2D eigenvalue weighted by Crippen LogP contribution is 2.22. The molecule has 2 rings (SSSR count). The lowest BCUT2D eigenvalue weighted by atomic mass is 10.1. The maximum absolute atomic E-state index is 13.3. The summed E-state index contributed by atoms with van der Waals surface area (Å²) in [5.41, 5.74) is 0.699. The van der Waals surface area contributed by atoms with E-state index < -0.39 is 11.6 Å². The second-order valence-electron chi connectivity index (χ2n) is 5.12. The molecule has 0 radical (unpaired) electrons. The summed E-state index contributed by atoms with van der Waals surface area (Å²) in [5, 5.41) is 3.89. The fraction of sp³-hybridized carbons (Fsp3) is 0.467. The van der Waals surface area contributed by atoms with E-state index in [4.69, 9.17) is 4.52 Å². The molecular formula is C15H19F2N3O. The zero-order valence-corrected chi connectivity index (χ0v) is 12.4. The highest BCUT2D eigenvalue weighted by Gasteiger charge is 2.16. The van der Waals surface area contributed by atoms with Gasteiger partial charge in [0.1, 0.15) is 0 Å². The van der Waals surface area contributed by atoms with Crippen LogP contribution in [0.15, 0.2) is 22.7 Å². The number of nitrogens with zero attached hydrogens (tertiary/aromatic N) is 3. The molecule has 2 aromatic rings. The van der Waals surface area contributed by atoms with Gasteiger partial charge in [-0.05, 0) is 38.1 Å². The quantitative estimate of drug-likeness (QED) is 0.818. The van der Waals surface area contributed by atoms with Crippen LogP contribution in [0.4, 0.5) is 8.78 Å². The van der Waals surface area contributed by atoms with Gasteiger partial charge >= 0.3 is 0 Å². The van der Waals surface area contributed by atoms with Crippen LogP contribution in [0.5, 0.6) is 0 Å². The molecule has 6 heteroatoms. The topological polar surface area (TPSA) is 42.2 Å². The van der Waals surface area contributed by atoms with Crippen molar-refractivity contribution in [2.45, 2.75) is 39.3 Å². The van der Waals surface area contributed by atoms with E-state index in [2.05, 4.69) is 10.1 Å². The minimum atomic E-state index is -0.838. The third-order valence-corrected chi connectivity index (χ3v) is 3.46. The third-order valence-electron chi connectivity index (χ3n) is 3.46. The molecule has 0 amide bonds. The standard InChI is InChI=1S/C15H19F2N3O/c1-4-5-14-18-15(21-19-14)9-20(3)10(2)11-6-7-12(16)13(17)8-11/h6-8,10H,4-5,9H2,1-3H3. The first-order valence-electron chi connectivity index (χ1n) is 6.98. The lowest BCUT2D eigenvalue weighted by molar-refractivity contribution is 0.216. The first-order chi connectivity index (χ1) is 10.0. The molecule has 0 fully saturated rings. The molecular weight excluding hydrogens is 276 g/mol. The average molecular weight is 295 g/mol. The molecule has 1 atom stereocenters. The van der Waals surface area contributed by atoms with Crippen molar-refractivity contribution in [2.24, 2.45) is 0 Å². The van der Waals surface area contributed by atoms with E-state index in [-0.39, 0.29) is 6.04 Å². The first-order valence-corrected chi connectivity index (χ1v) is 6.98. The SMILES string of the molecule is CCCc1noc(CN(C)C(C)c2ccc(F)c(F)c2)n1. The summed E-state index contributed by atoms with van der Waals surface area (Å²) in [5.74, 6) is -0.456. The molecule has 21 heavy (non-hydrogen) atoms. The number of aromatic nitrogens is 2. The van der Waals surface area contributed by atoms with Crippen molar-refractivity contribution in [3.05, 3.63) is 47.1 Å². The van der Waals surface area contributed by atoms with Crippen molar-refractivity contribution in [1.29, 1.82) is 0 Å². The Morgan fingerprint density at radius 3 is 2.71 bits per heavy atom. The Balaban J connectivity index is 2.04. The van der Waals surface area contributed by atoms with Crippen LogP contribution in [0.2, 0.25) is 0 Å². The molecule has 0 aliphatic rings. The molecule has 0 saturated heterocycles. The van der Waals surface area contributed by atoms with Crippen molar-refractivity contribution in [2.75, 3.05) is 7.05 Å². The minimum Gasteiger partial charge on any atom is -0.338 e. The molecule has 1 heterocycles. The van der Waals surface area contributed by atoms with Gasteiger partial charge in [0.2, 0.25) is 5.89 Å². The van der Waals surface area contributed by atoms with Gasteiger partial charge in [-0.3, -0.25) is 4.90 Å². The molecule has 0 aliphatic heterocycles. The van der Waals surface area contributed by atoms with Crippen molar-refractivity contribution < 1.29 is 13.3 Å². The summed E-state index contributed by atoms with van der Waals surface area (Å²) in [6.07, 6.45) is 1.74. The van der Waals surface area contributed by atoms with Crippen LogP contribution in [0.1, 0.15) is 43.6 Å². The lowest BCUT2D eigenvalue weighted by Gasteiger charge is -2.23. The van der Waals surface area contributed by atoms with Crippen molar-refractivity contribution in [3.63, 3.8) is 0 Å². The van der Waals surface area contributed by atoms with E-state index in [9.17, 15) is 8.78 Å². The second kappa shape index (κ2) is 6.76. The van der Waals surface area contributed by atoms with E-state index in [1.54, 1.807) is 6.07 Å². The molecule has 0 saturated carbocycles. The van der Waals surface area contributed by atoms with Gasteiger partial charge in [0, 0.05) is 12.5 Å². The molecule has 1 aromatic heterocycles. The highest BCUT2D eigenvalue weighted by molar-refractivity contribution is 5.20. The van der Waals surface area contributed by atoms with Gasteiger partial charge in [-0.25, -0.2) is 8.78 Å². The molecule has 4 nitrogen and oxygen atoms in total. The van der Waals surface area contributed by atoms with Crippen LogP contribution in [0, 0.1) is 11.6 Å². The summed E-state index contributed by atoms with van der Waals surface area (Å²) in [4.78, 5) is 6.23. The third kappa shape index (κ3) is 3.85. The minimum absolute atomic E-state index is 0.0957. The van der Waals surface area contributed by atoms with Gasteiger partial charge in [0.05, 0.1) is 6.54 Å². The summed E-state index contributed by atoms with van der Waals surface area (Å²) in [6.45, 7) is 4.42. The molecule has 0 bridgehead atoms. The molecule has 1 aromatic carbocycles. The normalized spacial score (nSPS) is 12.9. The molecule has 1 unspecified atom stereocenters. The maximum atomic E-state index is 13.3. The Labute approximate surface area is 122 Å². The van der Waals surface area contributed by atoms with Crippen LogP contribution in [-0.2, 0) is 13.0 Å². The van der Waals surface area contributed by atoms with Gasteiger partial charge < -0.3 is 4.52 Å². The van der Waals surface area contributed by atoms with Gasteiger partial charge in [0.15, 0.2) is 17.5 Å². The Hall–Kier alpha value is -1.82. The molecule has 0 aliphatic carbocycles. The van der Waals surface area contributed by atoms with Gasteiger partial charge in [0.25, 0.3) is 0 Å². The van der Waals surface area contributed by atoms with E-state index >= 15 is 0 Å². The Kier molecular flexibility index (Phi) is 5.01. The van der Waals surface area contributed by atoms with Crippen molar-refractivity contribution in [3.8, 4) is 0 Å². The van der Waals surface area contributed by atoms with Crippen LogP contribution >= 0.6 is 0 Å². The number of aryl methyl sites for hydroxylation is 1. The van der Waals surface area contributed by atoms with Gasteiger partial charge in [-0.15, -0.1) is 0 Å². The second-order valence-corrected chi connectivity index (χ2v) is 5.12. The molecule has 0 N–H and O–H groups in total. The van der Waals surface area contributed by atoms with E-state index in [0.29, 0.717) is 23.8 Å². The Morgan fingerprint density at radius 2 is 2.05 bits per heavy atom. The zero-order chi connectivity index (χ0) is 15.4. The largest absolute Gasteiger partial charge is 0.338 e. The lowest BCUT2D eigenvalue weighted by Crippen LogP contribution is -2.22. The average Bonchev–Trinajstić information content (AvgIpc) is 2.88. The Bertz CT molecular complexity index is 600. The number of hydrogen-bond acceptors (Lipinski definition) is 4. The predicted octanol–water partition coefficient (Wildman–Crippen LogP) is 3.49. The zero-order valence-electron chi connectivity index (χ0n) is 12.4. The van der Waals surface area contributed by atoms with Crippen LogP contribution in [-0.4, -0.2) is 22.1 Å². The maximum Gasteiger partial charge on any atom is 0.240 e. The summed E-state index contributed by atoms with van der Waals surface area (Å²) >= 11 is 0. The number of rotatable bonds is 6. The fourth-order valence-electron chi connectivity index (χ4n) is 2.06. The van der Waals surface area contributed by atoms with Crippen molar-refractivity contribution >= 4 is 0 Å². The molecule has 114 valence electrons. The van der Waals surface area contributed by atoms with E-state index in [1.165, 1.54) is 6.07 Å². The van der Waals surface area contributed by atoms with Gasteiger partial charge in [-0.2, -0.15) is 4.98 Å². The summed E-state index contributed by atoms with van der Waals surface area (Å²) < 4.78 is 31.4. The predicted molar refractivity (Wildman–Crippen MR) is 74.5 cm³/mol. The van der Waals surface area contributed by atoms with Crippen LogP contribution in [0.3, 0.4) is 0 Å². The number of hydrogen-bond donors (Lipinski definition) is 0. The first kappa shape index (κ1) is 15.6. The summed E-state index contributed by atoms with van der Waals surface area (Å²) in [7, 11) is 1.87. The monoisotopic (exact) mass is 295 g/mol. The van der Waals surface area contributed by atoms with Crippen LogP contribution in [0.25, 0.3) is 0 Å². The highest BCUT2D eigenvalue weighted by atomic mass is 19.2.